The molecule has 30 heavy (non-hydrogen) atoms. The molecule has 156 valence electrons. The van der Waals surface area contributed by atoms with Gasteiger partial charge in [0.1, 0.15) is 11.6 Å². The first-order valence-electron chi connectivity index (χ1n) is 9.62. The van der Waals surface area contributed by atoms with Gasteiger partial charge in [0.25, 0.3) is 11.8 Å². The van der Waals surface area contributed by atoms with E-state index in [1.807, 2.05) is 26.0 Å². The molecule has 0 unspecified atom stereocenters. The second kappa shape index (κ2) is 9.73. The highest BCUT2D eigenvalue weighted by Crippen LogP contribution is 2.13. The molecule has 0 aliphatic heterocycles. The summed E-state index contributed by atoms with van der Waals surface area (Å²) in [5.41, 5.74) is 6.14. The molecule has 1 heterocycles. The van der Waals surface area contributed by atoms with Crippen LogP contribution in [0.2, 0.25) is 0 Å². The second-order valence-electron chi connectivity index (χ2n) is 6.93. The van der Waals surface area contributed by atoms with Crippen LogP contribution in [0, 0.1) is 19.7 Å². The monoisotopic (exact) mass is 409 g/mol. The number of carbonyl (C=O) groups is 2. The molecule has 6 nitrogen and oxygen atoms in total. The van der Waals surface area contributed by atoms with E-state index in [1.165, 1.54) is 12.1 Å². The van der Waals surface area contributed by atoms with E-state index in [0.29, 0.717) is 24.3 Å². The molecule has 0 saturated heterocycles. The molecule has 0 spiro atoms. The number of carbonyl (C=O) groups excluding carboxylic acids is 2. The van der Waals surface area contributed by atoms with Crippen LogP contribution < -0.4 is 15.5 Å². The number of aryl methyl sites for hydroxylation is 2. The van der Waals surface area contributed by atoms with Gasteiger partial charge in [-0.25, -0.2) is 4.39 Å². The number of benzene rings is 2. The smallest absolute Gasteiger partial charge is 0.270 e. The first-order valence-corrected chi connectivity index (χ1v) is 9.62. The molecule has 0 fully saturated rings. The number of halogens is 1. The van der Waals surface area contributed by atoms with Gasteiger partial charge in [0, 0.05) is 23.5 Å². The van der Waals surface area contributed by atoms with E-state index in [4.69, 9.17) is 4.74 Å². The Morgan fingerprint density at radius 3 is 2.20 bits per heavy atom. The first kappa shape index (κ1) is 21.1. The minimum Gasteiger partial charge on any atom is -0.484 e. The lowest BCUT2D eigenvalue weighted by Gasteiger charge is -2.12. The predicted octanol–water partition coefficient (Wildman–Crippen LogP) is 3.37. The molecular formula is C23H24FN3O3. The van der Waals surface area contributed by atoms with Crippen molar-refractivity contribution in [3.63, 3.8) is 0 Å². The highest BCUT2D eigenvalue weighted by Gasteiger charge is 2.09. The maximum absolute atomic E-state index is 12.9. The summed E-state index contributed by atoms with van der Waals surface area (Å²) in [4.78, 5) is 24.3. The van der Waals surface area contributed by atoms with E-state index in [2.05, 4.69) is 10.7 Å². The maximum atomic E-state index is 12.9. The molecule has 0 bridgehead atoms. The maximum Gasteiger partial charge on any atom is 0.270 e. The molecule has 0 radical (unpaired) electrons. The number of nitrogens with one attached hydrogen (secondary N) is 2. The topological polar surface area (TPSA) is 72.4 Å². The zero-order valence-electron chi connectivity index (χ0n) is 16.9. The summed E-state index contributed by atoms with van der Waals surface area (Å²) in [6.07, 6.45) is 0.607. The van der Waals surface area contributed by atoms with Gasteiger partial charge in [0.15, 0.2) is 6.61 Å². The normalized spacial score (nSPS) is 10.5. The van der Waals surface area contributed by atoms with Crippen molar-refractivity contribution in [2.75, 3.05) is 18.6 Å². The van der Waals surface area contributed by atoms with E-state index < -0.39 is 0 Å². The molecular weight excluding hydrogens is 385 g/mol. The van der Waals surface area contributed by atoms with Crippen LogP contribution in [0.5, 0.6) is 5.75 Å². The van der Waals surface area contributed by atoms with Crippen LogP contribution >= 0.6 is 0 Å². The van der Waals surface area contributed by atoms with Crippen LogP contribution in [0.15, 0.2) is 60.7 Å². The Balaban J connectivity index is 1.43. The van der Waals surface area contributed by atoms with Crippen LogP contribution in [-0.4, -0.2) is 29.6 Å². The Kier molecular flexibility index (Phi) is 6.85. The summed E-state index contributed by atoms with van der Waals surface area (Å²) < 4.78 is 20.1. The SMILES string of the molecule is Cc1ccc(C)n1NC(=O)c1ccc(OCC(=O)NCCc2ccc(F)cc2)cc1. The van der Waals surface area contributed by atoms with Crippen LogP contribution in [0.4, 0.5) is 4.39 Å². The highest BCUT2D eigenvalue weighted by atomic mass is 19.1. The lowest BCUT2D eigenvalue weighted by molar-refractivity contribution is -0.123. The van der Waals surface area contributed by atoms with Crippen molar-refractivity contribution in [2.45, 2.75) is 20.3 Å². The number of amides is 2. The Labute approximate surface area is 174 Å². The molecule has 2 N–H and O–H groups in total. The minimum atomic E-state index is -0.283. The Bertz CT molecular complexity index is 992. The van der Waals surface area contributed by atoms with Crippen molar-refractivity contribution in [1.29, 1.82) is 0 Å². The van der Waals surface area contributed by atoms with Gasteiger partial charge in [-0.05, 0) is 74.4 Å². The van der Waals surface area contributed by atoms with Crippen LogP contribution in [0.25, 0.3) is 0 Å². The first-order chi connectivity index (χ1) is 14.4. The average molecular weight is 409 g/mol. The molecule has 0 aliphatic carbocycles. The molecule has 1 aromatic heterocycles. The van der Waals surface area contributed by atoms with Gasteiger partial charge in [-0.3, -0.25) is 19.7 Å². The highest BCUT2D eigenvalue weighted by molar-refractivity contribution is 6.00. The summed E-state index contributed by atoms with van der Waals surface area (Å²) in [5.74, 6) is -0.275. The van der Waals surface area contributed by atoms with E-state index in [9.17, 15) is 14.0 Å². The minimum absolute atomic E-state index is 0.128. The molecule has 3 aromatic rings. The van der Waals surface area contributed by atoms with E-state index in [0.717, 1.165) is 17.0 Å². The van der Waals surface area contributed by atoms with Crippen LogP contribution in [0.3, 0.4) is 0 Å². The van der Waals surface area contributed by atoms with Crippen molar-refractivity contribution >= 4 is 11.8 Å². The van der Waals surface area contributed by atoms with Gasteiger partial charge in [0.05, 0.1) is 0 Å². The lowest BCUT2D eigenvalue weighted by Crippen LogP contribution is -2.30. The Morgan fingerprint density at radius 1 is 0.933 bits per heavy atom. The van der Waals surface area contributed by atoms with Crippen molar-refractivity contribution in [3.8, 4) is 5.75 Å². The molecule has 7 heteroatoms. The number of aromatic nitrogens is 1. The van der Waals surface area contributed by atoms with Gasteiger partial charge in [-0.2, -0.15) is 0 Å². The summed E-state index contributed by atoms with van der Waals surface area (Å²) in [6.45, 7) is 4.13. The third kappa shape index (κ3) is 5.70. The lowest BCUT2D eigenvalue weighted by atomic mass is 10.1. The summed E-state index contributed by atoms with van der Waals surface area (Å²) in [5, 5.41) is 2.76. The van der Waals surface area contributed by atoms with Gasteiger partial charge >= 0.3 is 0 Å². The van der Waals surface area contributed by atoms with Crippen molar-refractivity contribution in [1.82, 2.24) is 9.99 Å². The van der Waals surface area contributed by atoms with Crippen molar-refractivity contribution in [2.24, 2.45) is 0 Å². The molecule has 2 amide bonds. The molecule has 2 aromatic carbocycles. The number of nitrogens with zero attached hydrogens (tertiary/aromatic N) is 1. The third-order valence-electron chi connectivity index (χ3n) is 4.62. The van der Waals surface area contributed by atoms with Crippen molar-refractivity contribution in [3.05, 3.63) is 89.0 Å². The van der Waals surface area contributed by atoms with Gasteiger partial charge in [-0.1, -0.05) is 12.1 Å². The quantitative estimate of drug-likeness (QED) is 0.599. The summed E-state index contributed by atoms with van der Waals surface area (Å²) >= 11 is 0. The number of ether oxygens (including phenoxy) is 1. The average Bonchev–Trinajstić information content (AvgIpc) is 3.06. The zero-order valence-corrected chi connectivity index (χ0v) is 16.9. The van der Waals surface area contributed by atoms with E-state index >= 15 is 0 Å². The van der Waals surface area contributed by atoms with E-state index in [-0.39, 0.29) is 24.2 Å². The standard InChI is InChI=1S/C23H24FN3O3/c1-16-3-4-17(2)27(16)26-23(29)19-7-11-21(12-8-19)30-15-22(28)25-14-13-18-5-9-20(24)10-6-18/h3-12H,13-15H2,1-2H3,(H,25,28)(H,26,29). The van der Waals surface area contributed by atoms with Gasteiger partial charge < -0.3 is 10.1 Å². The fourth-order valence-corrected chi connectivity index (χ4v) is 2.91. The molecule has 0 aliphatic rings. The Morgan fingerprint density at radius 2 is 1.57 bits per heavy atom. The largest absolute Gasteiger partial charge is 0.484 e. The zero-order chi connectivity index (χ0) is 21.5. The second-order valence-corrected chi connectivity index (χ2v) is 6.93. The van der Waals surface area contributed by atoms with Gasteiger partial charge in [0.2, 0.25) is 0 Å². The summed E-state index contributed by atoms with van der Waals surface area (Å²) in [6, 6.07) is 16.6. The number of hydrogen-bond donors (Lipinski definition) is 2. The van der Waals surface area contributed by atoms with Gasteiger partial charge in [-0.15, -0.1) is 0 Å². The molecule has 0 atom stereocenters. The fourth-order valence-electron chi connectivity index (χ4n) is 2.91. The van der Waals surface area contributed by atoms with Crippen molar-refractivity contribution < 1.29 is 18.7 Å². The predicted molar refractivity (Wildman–Crippen MR) is 113 cm³/mol. The van der Waals surface area contributed by atoms with Crippen LogP contribution in [0.1, 0.15) is 27.3 Å². The Hall–Kier alpha value is -3.61. The number of hydrogen-bond acceptors (Lipinski definition) is 3. The molecule has 0 saturated carbocycles. The third-order valence-corrected chi connectivity index (χ3v) is 4.62. The van der Waals surface area contributed by atoms with E-state index in [1.54, 1.807) is 41.1 Å². The number of rotatable bonds is 8. The summed E-state index contributed by atoms with van der Waals surface area (Å²) in [7, 11) is 0. The fraction of sp³-hybridized carbons (Fsp3) is 0.217. The molecule has 3 rings (SSSR count). The van der Waals surface area contributed by atoms with Crippen LogP contribution in [-0.2, 0) is 11.2 Å².